The summed E-state index contributed by atoms with van der Waals surface area (Å²) < 4.78 is 0. The molecule has 6 aromatic carbocycles. The van der Waals surface area contributed by atoms with E-state index in [1.165, 1.54) is 4.90 Å². The van der Waals surface area contributed by atoms with Gasteiger partial charge in [-0.15, -0.1) is 0 Å². The van der Waals surface area contributed by atoms with Crippen LogP contribution in [0.2, 0.25) is 10.0 Å². The van der Waals surface area contributed by atoms with E-state index in [0.29, 0.717) is 49.4 Å². The smallest absolute Gasteiger partial charge is 0.239 e. The standard InChI is InChI=1S/C45H29Cl2N3O3/c46-32-20-16-30(17-21-32)44-37(28-10-4-1-5-11-28)38(29-12-6-2-7-13-29)45(43(44)53,31-18-22-33(47)23-19-31)40-39(44)41(51)50(42(40)52)36-26-24-35(25-27-36)49-48-34-14-8-3-9-15-34/h1-27,39-40H/t39-,40+,44-,45-/m0/s1. The van der Waals surface area contributed by atoms with E-state index >= 15 is 14.4 Å². The minimum atomic E-state index is -1.55. The molecule has 0 radical (unpaired) electrons. The van der Waals surface area contributed by atoms with E-state index < -0.39 is 34.5 Å². The Hall–Kier alpha value is -5.95. The maximum Gasteiger partial charge on any atom is 0.239 e. The lowest BCUT2D eigenvalue weighted by atomic mass is 9.59. The van der Waals surface area contributed by atoms with Gasteiger partial charge in [-0.1, -0.05) is 126 Å². The first-order valence-corrected chi connectivity index (χ1v) is 18.0. The van der Waals surface area contributed by atoms with Crippen molar-refractivity contribution in [3.63, 3.8) is 0 Å². The highest BCUT2D eigenvalue weighted by atomic mass is 35.5. The number of benzene rings is 6. The zero-order chi connectivity index (χ0) is 36.3. The molecule has 53 heavy (non-hydrogen) atoms. The van der Waals surface area contributed by atoms with E-state index in [0.717, 1.165) is 11.1 Å². The van der Waals surface area contributed by atoms with Gasteiger partial charge < -0.3 is 0 Å². The van der Waals surface area contributed by atoms with Gasteiger partial charge in [0.2, 0.25) is 11.8 Å². The Morgan fingerprint density at radius 2 is 0.830 bits per heavy atom. The molecule has 0 aromatic heterocycles. The highest BCUT2D eigenvalue weighted by Gasteiger charge is 2.82. The fourth-order valence-electron chi connectivity index (χ4n) is 8.89. The van der Waals surface area contributed by atoms with Gasteiger partial charge in [-0.2, -0.15) is 10.2 Å². The van der Waals surface area contributed by atoms with E-state index in [1.54, 1.807) is 48.5 Å². The maximum atomic E-state index is 16.1. The second-order valence-corrected chi connectivity index (χ2v) is 14.3. The summed E-state index contributed by atoms with van der Waals surface area (Å²) in [5.41, 5.74) is 2.72. The summed E-state index contributed by atoms with van der Waals surface area (Å²) in [6, 6.07) is 49.9. The summed E-state index contributed by atoms with van der Waals surface area (Å²) in [7, 11) is 0. The normalized spacial score (nSPS) is 23.4. The van der Waals surface area contributed by atoms with Gasteiger partial charge in [-0.05, 0) is 94.1 Å². The quantitative estimate of drug-likeness (QED) is 0.121. The predicted molar refractivity (Wildman–Crippen MR) is 207 cm³/mol. The molecule has 6 nitrogen and oxygen atoms in total. The molecule has 3 aliphatic rings. The molecule has 4 atom stereocenters. The van der Waals surface area contributed by atoms with Crippen LogP contribution in [0.3, 0.4) is 0 Å². The van der Waals surface area contributed by atoms with Crippen molar-refractivity contribution in [2.45, 2.75) is 10.8 Å². The molecule has 2 amide bonds. The van der Waals surface area contributed by atoms with Gasteiger partial charge >= 0.3 is 0 Å². The van der Waals surface area contributed by atoms with Crippen molar-refractivity contribution in [3.8, 4) is 0 Å². The van der Waals surface area contributed by atoms with Crippen LogP contribution < -0.4 is 4.90 Å². The molecular formula is C45H29Cl2N3O3. The number of nitrogens with zero attached hydrogens (tertiary/aromatic N) is 3. The number of imide groups is 1. The third-order valence-corrected chi connectivity index (χ3v) is 11.4. The van der Waals surface area contributed by atoms with Gasteiger partial charge in [0.15, 0.2) is 5.78 Å². The molecule has 2 fully saturated rings. The molecule has 6 aromatic rings. The molecule has 256 valence electrons. The number of ketones is 1. The number of Topliss-reactive ketones (excluding diaryl/α,β-unsaturated/α-hetero) is 1. The molecule has 1 aliphatic heterocycles. The minimum absolute atomic E-state index is 0.222. The zero-order valence-electron chi connectivity index (χ0n) is 28.1. The fourth-order valence-corrected chi connectivity index (χ4v) is 9.14. The average Bonchev–Trinajstić information content (AvgIpc) is 3.71. The lowest BCUT2D eigenvalue weighted by molar-refractivity contribution is -0.130. The third kappa shape index (κ3) is 4.76. The monoisotopic (exact) mass is 729 g/mol. The van der Waals surface area contributed by atoms with Crippen molar-refractivity contribution in [2.24, 2.45) is 22.1 Å². The van der Waals surface area contributed by atoms with Crippen molar-refractivity contribution in [2.75, 3.05) is 4.90 Å². The van der Waals surface area contributed by atoms with Gasteiger partial charge in [-0.3, -0.25) is 14.4 Å². The first-order valence-electron chi connectivity index (χ1n) is 17.2. The summed E-state index contributed by atoms with van der Waals surface area (Å²) in [6.45, 7) is 0. The van der Waals surface area contributed by atoms with Crippen molar-refractivity contribution in [1.82, 2.24) is 0 Å². The van der Waals surface area contributed by atoms with E-state index in [-0.39, 0.29) is 5.78 Å². The zero-order valence-corrected chi connectivity index (χ0v) is 29.6. The number of anilines is 1. The minimum Gasteiger partial charge on any atom is -0.297 e. The first-order chi connectivity index (χ1) is 25.9. The summed E-state index contributed by atoms with van der Waals surface area (Å²) in [5.74, 6) is -3.25. The Balaban J connectivity index is 1.31. The van der Waals surface area contributed by atoms with Gasteiger partial charge in [0.25, 0.3) is 0 Å². The number of hydrogen-bond donors (Lipinski definition) is 0. The third-order valence-electron chi connectivity index (χ3n) is 10.9. The number of hydrogen-bond acceptors (Lipinski definition) is 5. The molecule has 9 rings (SSSR count). The van der Waals surface area contributed by atoms with Gasteiger partial charge in [0, 0.05) is 10.0 Å². The van der Waals surface area contributed by atoms with Crippen LogP contribution in [0.15, 0.2) is 174 Å². The van der Waals surface area contributed by atoms with Crippen LogP contribution in [0, 0.1) is 11.8 Å². The number of rotatable bonds is 7. The highest BCUT2D eigenvalue weighted by Crippen LogP contribution is 2.74. The SMILES string of the molecule is O=C1[C@@H]2[C@H](C(=O)N1c1ccc(N=Nc3ccccc3)cc1)[C@@]1(c3ccc(Cl)cc3)C(=O)[C@@]2(c2ccc(Cl)cc2)C(c2ccccc2)=C1c1ccccc1. The number of carbonyl (C=O) groups excluding carboxylic acids is 3. The van der Waals surface area contributed by atoms with E-state index in [1.807, 2.05) is 115 Å². The van der Waals surface area contributed by atoms with Crippen molar-refractivity contribution in [1.29, 1.82) is 0 Å². The van der Waals surface area contributed by atoms with Gasteiger partial charge in [0.05, 0.1) is 39.7 Å². The average molecular weight is 731 g/mol. The molecule has 1 heterocycles. The fraction of sp³-hybridized carbons (Fsp3) is 0.0889. The molecular weight excluding hydrogens is 701 g/mol. The number of amides is 2. The summed E-state index contributed by atoms with van der Waals surface area (Å²) >= 11 is 12.9. The van der Waals surface area contributed by atoms with Gasteiger partial charge in [0.1, 0.15) is 0 Å². The topological polar surface area (TPSA) is 79.2 Å². The van der Waals surface area contributed by atoms with E-state index in [9.17, 15) is 0 Å². The molecule has 0 N–H and O–H groups in total. The van der Waals surface area contributed by atoms with Crippen LogP contribution in [-0.4, -0.2) is 17.6 Å². The highest BCUT2D eigenvalue weighted by molar-refractivity contribution is 6.39. The van der Waals surface area contributed by atoms with Crippen LogP contribution in [0.25, 0.3) is 11.1 Å². The number of fused-ring (bicyclic) bond motifs is 5. The maximum absolute atomic E-state index is 16.1. The van der Waals surface area contributed by atoms with Crippen molar-refractivity contribution < 1.29 is 14.4 Å². The van der Waals surface area contributed by atoms with Crippen LogP contribution in [0.5, 0.6) is 0 Å². The molecule has 2 bridgehead atoms. The summed E-state index contributed by atoms with van der Waals surface area (Å²) in [6.07, 6.45) is 0. The molecule has 2 aliphatic carbocycles. The summed E-state index contributed by atoms with van der Waals surface area (Å²) in [5, 5.41) is 9.63. The largest absolute Gasteiger partial charge is 0.297 e. The van der Waals surface area contributed by atoms with Gasteiger partial charge in [-0.25, -0.2) is 4.90 Å². The molecule has 1 saturated carbocycles. The van der Waals surface area contributed by atoms with Crippen molar-refractivity contribution >= 4 is 69.0 Å². The molecule has 0 spiro atoms. The lowest BCUT2D eigenvalue weighted by Gasteiger charge is -2.39. The Morgan fingerprint density at radius 1 is 0.453 bits per heavy atom. The lowest BCUT2D eigenvalue weighted by Crippen LogP contribution is -2.45. The Kier molecular flexibility index (Phi) is 7.84. The summed E-state index contributed by atoms with van der Waals surface area (Å²) in [4.78, 5) is 47.9. The van der Waals surface area contributed by atoms with Crippen LogP contribution in [0.4, 0.5) is 17.1 Å². The molecule has 0 unspecified atom stereocenters. The number of carbonyl (C=O) groups is 3. The Labute approximate surface area is 316 Å². The number of halogens is 2. The van der Waals surface area contributed by atoms with E-state index in [4.69, 9.17) is 23.2 Å². The molecule has 1 saturated heterocycles. The first kappa shape index (κ1) is 32.9. The number of azo groups is 1. The Morgan fingerprint density at radius 3 is 1.25 bits per heavy atom. The van der Waals surface area contributed by atoms with Crippen LogP contribution >= 0.6 is 23.2 Å². The molecule has 8 heteroatoms. The van der Waals surface area contributed by atoms with Crippen LogP contribution in [0.1, 0.15) is 22.3 Å². The second kappa shape index (κ2) is 12.6. The number of allylic oxidation sites excluding steroid dienone is 2. The van der Waals surface area contributed by atoms with E-state index in [2.05, 4.69) is 10.2 Å². The second-order valence-electron chi connectivity index (χ2n) is 13.5. The van der Waals surface area contributed by atoms with Crippen molar-refractivity contribution in [3.05, 3.63) is 196 Å². The predicted octanol–water partition coefficient (Wildman–Crippen LogP) is 10.6. The van der Waals surface area contributed by atoms with Crippen LogP contribution in [-0.2, 0) is 25.2 Å². The Bertz CT molecular complexity index is 2340.